The molecule has 0 heterocycles. The molecule has 0 radical (unpaired) electrons. The summed E-state index contributed by atoms with van der Waals surface area (Å²) < 4.78 is 0. The van der Waals surface area contributed by atoms with Crippen LogP contribution in [0, 0.1) is 10.8 Å². The number of hydrogen-bond acceptors (Lipinski definition) is 2. The third-order valence-electron chi connectivity index (χ3n) is 2.58. The summed E-state index contributed by atoms with van der Waals surface area (Å²) in [6.45, 7) is 4.25. The molecular weight excluding hydrogens is 188 g/mol. The summed E-state index contributed by atoms with van der Waals surface area (Å²) in [5, 5.41) is 7.38. The van der Waals surface area contributed by atoms with Crippen LogP contribution in [-0.4, -0.2) is 24.2 Å². The SMILES string of the molecule is CN=C(N)N(C=N)C1=CC=CCC1(C)C. The smallest absolute Gasteiger partial charge is 0.200 e. The van der Waals surface area contributed by atoms with Gasteiger partial charge in [-0.05, 0) is 12.5 Å². The third-order valence-corrected chi connectivity index (χ3v) is 2.58. The Morgan fingerprint density at radius 2 is 2.33 bits per heavy atom. The van der Waals surface area contributed by atoms with E-state index in [1.165, 1.54) is 6.34 Å². The normalized spacial score (nSPS) is 19.7. The van der Waals surface area contributed by atoms with Crippen LogP contribution < -0.4 is 5.73 Å². The van der Waals surface area contributed by atoms with Crippen molar-refractivity contribution in [1.82, 2.24) is 4.90 Å². The molecule has 1 aliphatic carbocycles. The van der Waals surface area contributed by atoms with Gasteiger partial charge in [-0.3, -0.25) is 15.3 Å². The lowest BCUT2D eigenvalue weighted by Gasteiger charge is -2.34. The lowest BCUT2D eigenvalue weighted by Crippen LogP contribution is -2.40. The van der Waals surface area contributed by atoms with Gasteiger partial charge in [-0.25, -0.2) is 0 Å². The van der Waals surface area contributed by atoms with Crippen LogP contribution in [0.4, 0.5) is 0 Å². The fourth-order valence-electron chi connectivity index (χ4n) is 1.63. The number of nitrogens with two attached hydrogens (primary N) is 1. The van der Waals surface area contributed by atoms with Crippen molar-refractivity contribution < 1.29 is 0 Å². The van der Waals surface area contributed by atoms with Gasteiger partial charge in [0, 0.05) is 18.2 Å². The molecule has 0 unspecified atom stereocenters. The second-order valence-electron chi connectivity index (χ2n) is 4.15. The first kappa shape index (κ1) is 11.5. The van der Waals surface area contributed by atoms with Gasteiger partial charge in [-0.1, -0.05) is 26.0 Å². The molecule has 0 bridgehead atoms. The number of hydrogen-bond donors (Lipinski definition) is 2. The van der Waals surface area contributed by atoms with Crippen LogP contribution in [-0.2, 0) is 0 Å². The van der Waals surface area contributed by atoms with Crippen molar-refractivity contribution in [2.75, 3.05) is 7.05 Å². The molecular formula is C11H18N4. The van der Waals surface area contributed by atoms with Crippen molar-refractivity contribution in [3.63, 3.8) is 0 Å². The summed E-state index contributed by atoms with van der Waals surface area (Å²) in [6.07, 6.45) is 8.23. The molecule has 0 aromatic rings. The topological polar surface area (TPSA) is 65.5 Å². The first-order valence-electron chi connectivity index (χ1n) is 4.92. The van der Waals surface area contributed by atoms with E-state index in [4.69, 9.17) is 11.1 Å². The fraction of sp³-hybridized carbons (Fsp3) is 0.455. The molecule has 0 aliphatic heterocycles. The van der Waals surface area contributed by atoms with Crippen LogP contribution >= 0.6 is 0 Å². The average Bonchev–Trinajstić information content (AvgIpc) is 2.20. The van der Waals surface area contributed by atoms with Gasteiger partial charge in [-0.15, -0.1) is 0 Å². The van der Waals surface area contributed by atoms with Crippen molar-refractivity contribution in [1.29, 1.82) is 5.41 Å². The zero-order valence-electron chi connectivity index (χ0n) is 9.49. The second-order valence-corrected chi connectivity index (χ2v) is 4.15. The Hall–Kier alpha value is -1.58. The summed E-state index contributed by atoms with van der Waals surface area (Å²) in [7, 11) is 1.62. The average molecular weight is 206 g/mol. The predicted octanol–water partition coefficient (Wildman–Crippen LogP) is 1.71. The summed E-state index contributed by atoms with van der Waals surface area (Å²) in [5.41, 5.74) is 6.73. The highest BCUT2D eigenvalue weighted by Crippen LogP contribution is 2.35. The highest BCUT2D eigenvalue weighted by Gasteiger charge is 2.28. The van der Waals surface area contributed by atoms with Crippen molar-refractivity contribution >= 4 is 12.3 Å². The Morgan fingerprint density at radius 3 is 2.80 bits per heavy atom. The van der Waals surface area contributed by atoms with Gasteiger partial charge in [0.1, 0.15) is 0 Å². The molecule has 1 aliphatic rings. The van der Waals surface area contributed by atoms with Crippen LogP contribution in [0.3, 0.4) is 0 Å². The number of guanidine groups is 1. The van der Waals surface area contributed by atoms with Gasteiger partial charge in [-0.2, -0.15) is 0 Å². The summed E-state index contributed by atoms with van der Waals surface area (Å²) in [4.78, 5) is 5.52. The molecule has 0 aromatic heterocycles. The van der Waals surface area contributed by atoms with Gasteiger partial charge in [0.15, 0.2) is 0 Å². The molecule has 0 spiro atoms. The minimum atomic E-state index is -0.0123. The molecule has 0 fully saturated rings. The fourth-order valence-corrected chi connectivity index (χ4v) is 1.63. The molecule has 82 valence electrons. The number of nitrogens with one attached hydrogen (secondary N) is 1. The number of nitrogens with zero attached hydrogens (tertiary/aromatic N) is 2. The minimum Gasteiger partial charge on any atom is -0.369 e. The van der Waals surface area contributed by atoms with E-state index >= 15 is 0 Å². The number of rotatable bonds is 2. The zero-order valence-corrected chi connectivity index (χ0v) is 9.49. The van der Waals surface area contributed by atoms with Crippen LogP contribution in [0.15, 0.2) is 28.9 Å². The number of aliphatic imine (C=N–C) groups is 1. The summed E-state index contributed by atoms with van der Waals surface area (Å²) in [6, 6.07) is 0. The lowest BCUT2D eigenvalue weighted by atomic mass is 9.82. The van der Waals surface area contributed by atoms with Crippen molar-refractivity contribution in [2.24, 2.45) is 16.1 Å². The van der Waals surface area contributed by atoms with E-state index in [9.17, 15) is 0 Å². The largest absolute Gasteiger partial charge is 0.369 e. The van der Waals surface area contributed by atoms with E-state index in [-0.39, 0.29) is 5.41 Å². The predicted molar refractivity (Wildman–Crippen MR) is 63.8 cm³/mol. The van der Waals surface area contributed by atoms with Crippen molar-refractivity contribution in [2.45, 2.75) is 20.3 Å². The third kappa shape index (κ3) is 2.26. The first-order chi connectivity index (χ1) is 7.03. The van der Waals surface area contributed by atoms with E-state index in [1.54, 1.807) is 11.9 Å². The Labute approximate surface area is 90.7 Å². The molecule has 4 nitrogen and oxygen atoms in total. The molecule has 1 rings (SSSR count). The standard InChI is InChI=1S/C11H18N4/c1-11(2)7-5-4-6-9(11)15(8-12)10(13)14-3/h4-6,8,12H,7H2,1-3H3,(H2,13,14). The summed E-state index contributed by atoms with van der Waals surface area (Å²) >= 11 is 0. The van der Waals surface area contributed by atoms with Crippen LogP contribution in [0.5, 0.6) is 0 Å². The molecule has 0 saturated heterocycles. The van der Waals surface area contributed by atoms with Crippen LogP contribution in [0.2, 0.25) is 0 Å². The van der Waals surface area contributed by atoms with Crippen LogP contribution in [0.25, 0.3) is 0 Å². The lowest BCUT2D eigenvalue weighted by molar-refractivity contribution is 0.388. The first-order valence-corrected chi connectivity index (χ1v) is 4.92. The Morgan fingerprint density at radius 1 is 1.67 bits per heavy atom. The summed E-state index contributed by atoms with van der Waals surface area (Å²) in [5.74, 6) is 0.347. The molecule has 4 heteroatoms. The van der Waals surface area contributed by atoms with E-state index in [0.29, 0.717) is 5.96 Å². The molecule has 0 aromatic carbocycles. The Kier molecular flexibility index (Phi) is 3.29. The molecule has 0 saturated carbocycles. The monoisotopic (exact) mass is 206 g/mol. The number of allylic oxidation sites excluding steroid dienone is 4. The van der Waals surface area contributed by atoms with Crippen molar-refractivity contribution in [3.05, 3.63) is 23.9 Å². The Balaban J connectivity index is 3.08. The van der Waals surface area contributed by atoms with Gasteiger partial charge in [0.05, 0.1) is 6.34 Å². The molecule has 15 heavy (non-hydrogen) atoms. The van der Waals surface area contributed by atoms with E-state index in [1.807, 2.05) is 12.2 Å². The minimum absolute atomic E-state index is 0.0123. The van der Waals surface area contributed by atoms with E-state index < -0.39 is 0 Å². The quantitative estimate of drug-likeness (QED) is 0.533. The highest BCUT2D eigenvalue weighted by atomic mass is 15.3. The van der Waals surface area contributed by atoms with E-state index in [0.717, 1.165) is 12.1 Å². The zero-order chi connectivity index (χ0) is 11.5. The maximum Gasteiger partial charge on any atom is 0.200 e. The van der Waals surface area contributed by atoms with Crippen molar-refractivity contribution in [3.8, 4) is 0 Å². The maximum absolute atomic E-state index is 7.38. The highest BCUT2D eigenvalue weighted by molar-refractivity contribution is 5.90. The van der Waals surface area contributed by atoms with Gasteiger partial charge < -0.3 is 5.73 Å². The molecule has 0 atom stereocenters. The molecule has 0 amide bonds. The second kappa shape index (κ2) is 4.29. The van der Waals surface area contributed by atoms with Gasteiger partial charge in [0.2, 0.25) is 5.96 Å². The van der Waals surface area contributed by atoms with Gasteiger partial charge in [0.25, 0.3) is 0 Å². The maximum atomic E-state index is 7.38. The molecule has 3 N–H and O–H groups in total. The van der Waals surface area contributed by atoms with Crippen LogP contribution in [0.1, 0.15) is 20.3 Å². The van der Waals surface area contributed by atoms with Gasteiger partial charge >= 0.3 is 0 Å². The van der Waals surface area contributed by atoms with E-state index in [2.05, 4.69) is 24.9 Å². The Bertz CT molecular complexity index is 336.